The van der Waals surface area contributed by atoms with Gasteiger partial charge in [-0.25, -0.2) is 0 Å². The van der Waals surface area contributed by atoms with Crippen LogP contribution in [0, 0.1) is 6.92 Å². The number of halogens is 1. The Morgan fingerprint density at radius 3 is 1.94 bits per heavy atom. The van der Waals surface area contributed by atoms with Crippen LogP contribution in [0.2, 0.25) is 0 Å². The number of amides is 1. The maximum Gasteiger partial charge on any atom is 0.226 e. The van der Waals surface area contributed by atoms with E-state index in [0.717, 1.165) is 17.9 Å². The zero-order valence-electron chi connectivity index (χ0n) is 20.5. The lowest BCUT2D eigenvalue weighted by molar-refractivity contribution is -0.116. The molecule has 1 amide bonds. The van der Waals surface area contributed by atoms with Crippen LogP contribution in [0.4, 0.5) is 11.4 Å². The summed E-state index contributed by atoms with van der Waals surface area (Å²) in [5, 5.41) is 3.25. The average Bonchev–Trinajstić information content (AvgIpc) is 2.78. The maximum atomic E-state index is 13.1. The highest BCUT2D eigenvalue weighted by atomic mass is 35.5. The minimum atomic E-state index is 0. The predicted octanol–water partition coefficient (Wildman–Crippen LogP) is 7.70. The summed E-state index contributed by atoms with van der Waals surface area (Å²) in [5.74, 6) is 0.766. The van der Waals surface area contributed by atoms with Crippen molar-refractivity contribution in [3.63, 3.8) is 0 Å². The Bertz CT molecular complexity index is 987. The fourth-order valence-electron chi connectivity index (χ4n) is 3.99. The number of nitrogens with zero attached hydrogens (tertiary/aromatic N) is 1. The number of aryl methyl sites for hydroxylation is 1. The molecule has 0 spiro atoms. The first-order chi connectivity index (χ1) is 15.3. The minimum absolute atomic E-state index is 0. The molecule has 3 aromatic rings. The number of para-hydroxylation sites is 2. The molecule has 3 rings (SSSR count). The Morgan fingerprint density at radius 2 is 1.39 bits per heavy atom. The molecule has 1 N–H and O–H groups in total. The smallest absolute Gasteiger partial charge is 0.226 e. The lowest BCUT2D eigenvalue weighted by Crippen LogP contribution is -2.28. The molecule has 0 saturated carbocycles. The molecular weight excluding hydrogens is 428 g/mol. The third-order valence-corrected chi connectivity index (χ3v) is 5.86. The molecule has 0 atom stereocenters. The predicted molar refractivity (Wildman–Crippen MR) is 144 cm³/mol. The minimum Gasteiger partial charge on any atom is -0.367 e. The Hall–Kier alpha value is -2.78. The third-order valence-electron chi connectivity index (χ3n) is 5.86. The van der Waals surface area contributed by atoms with Crippen molar-refractivity contribution in [2.45, 2.75) is 59.4 Å². The van der Waals surface area contributed by atoms with E-state index in [2.05, 4.69) is 99.4 Å². The van der Waals surface area contributed by atoms with Crippen molar-refractivity contribution in [1.82, 2.24) is 0 Å². The standard InChI is InChI=1S/C29H36N2O.ClH/c1-21(2)26-12-9-13-27(22(3)4)29(26)30-28(32)18-19-31(25-10-7-6-8-11-25)20-24-16-14-23(5)15-17-24;/h6-17,21-22H,18-20H2,1-5H3,(H,30,32);1H. The SMILES string of the molecule is Cc1ccc(CN(CCC(=O)Nc2c(C(C)C)cccc2C(C)C)c2ccccc2)cc1.Cl. The fraction of sp³-hybridized carbons (Fsp3) is 0.345. The molecule has 0 aliphatic rings. The molecule has 0 bridgehead atoms. The Morgan fingerprint density at radius 1 is 0.818 bits per heavy atom. The molecule has 3 nitrogen and oxygen atoms in total. The van der Waals surface area contributed by atoms with Gasteiger partial charge in [0.1, 0.15) is 0 Å². The lowest BCUT2D eigenvalue weighted by Gasteiger charge is -2.25. The number of anilines is 2. The number of hydrogen-bond acceptors (Lipinski definition) is 2. The van der Waals surface area contributed by atoms with Gasteiger partial charge in [-0.05, 0) is 47.6 Å². The first-order valence-electron chi connectivity index (χ1n) is 11.6. The summed E-state index contributed by atoms with van der Waals surface area (Å²) in [6.07, 6.45) is 0.435. The molecule has 0 aromatic heterocycles. The summed E-state index contributed by atoms with van der Waals surface area (Å²) in [6, 6.07) is 25.3. The number of rotatable bonds is 9. The van der Waals surface area contributed by atoms with Gasteiger partial charge < -0.3 is 10.2 Å². The van der Waals surface area contributed by atoms with Crippen LogP contribution in [0.1, 0.15) is 68.2 Å². The summed E-state index contributed by atoms with van der Waals surface area (Å²) in [6.45, 7) is 12.2. The molecule has 0 saturated heterocycles. The zero-order chi connectivity index (χ0) is 23.1. The van der Waals surface area contributed by atoms with Gasteiger partial charge in [-0.2, -0.15) is 0 Å². The third kappa shape index (κ3) is 7.36. The number of benzene rings is 3. The van der Waals surface area contributed by atoms with Crippen molar-refractivity contribution in [1.29, 1.82) is 0 Å². The van der Waals surface area contributed by atoms with E-state index in [9.17, 15) is 4.79 Å². The Kier molecular flexibility index (Phi) is 9.99. The molecule has 176 valence electrons. The number of hydrogen-bond donors (Lipinski definition) is 1. The van der Waals surface area contributed by atoms with E-state index < -0.39 is 0 Å². The number of nitrogens with one attached hydrogen (secondary N) is 1. The van der Waals surface area contributed by atoms with Crippen molar-refractivity contribution in [3.8, 4) is 0 Å². The van der Waals surface area contributed by atoms with Crippen molar-refractivity contribution >= 4 is 29.7 Å². The van der Waals surface area contributed by atoms with Crippen LogP contribution in [0.25, 0.3) is 0 Å². The van der Waals surface area contributed by atoms with Gasteiger partial charge in [0, 0.05) is 30.9 Å². The van der Waals surface area contributed by atoms with Gasteiger partial charge in [0.25, 0.3) is 0 Å². The summed E-state index contributed by atoms with van der Waals surface area (Å²) in [7, 11) is 0. The second-order valence-electron chi connectivity index (χ2n) is 9.16. The fourth-order valence-corrected chi connectivity index (χ4v) is 3.99. The first-order valence-corrected chi connectivity index (χ1v) is 11.6. The van der Waals surface area contributed by atoms with E-state index in [1.165, 1.54) is 22.3 Å². The van der Waals surface area contributed by atoms with Crippen LogP contribution in [0.3, 0.4) is 0 Å². The summed E-state index contributed by atoms with van der Waals surface area (Å²) in [4.78, 5) is 15.3. The van der Waals surface area contributed by atoms with Gasteiger partial charge in [0.2, 0.25) is 5.91 Å². The molecule has 0 radical (unpaired) electrons. The van der Waals surface area contributed by atoms with Crippen LogP contribution in [-0.2, 0) is 11.3 Å². The van der Waals surface area contributed by atoms with E-state index in [4.69, 9.17) is 0 Å². The highest BCUT2D eigenvalue weighted by Gasteiger charge is 2.17. The summed E-state index contributed by atoms with van der Waals surface area (Å²) >= 11 is 0. The highest BCUT2D eigenvalue weighted by Crippen LogP contribution is 2.32. The van der Waals surface area contributed by atoms with E-state index >= 15 is 0 Å². The molecule has 3 aromatic carbocycles. The van der Waals surface area contributed by atoms with Crippen LogP contribution in [0.5, 0.6) is 0 Å². The van der Waals surface area contributed by atoms with Crippen molar-refractivity contribution in [3.05, 3.63) is 95.1 Å². The summed E-state index contributed by atoms with van der Waals surface area (Å²) < 4.78 is 0. The zero-order valence-corrected chi connectivity index (χ0v) is 21.3. The molecule has 0 unspecified atom stereocenters. The van der Waals surface area contributed by atoms with Crippen LogP contribution < -0.4 is 10.2 Å². The van der Waals surface area contributed by atoms with Gasteiger partial charge in [0.05, 0.1) is 0 Å². The Labute approximate surface area is 205 Å². The van der Waals surface area contributed by atoms with Gasteiger partial charge in [0.15, 0.2) is 0 Å². The second kappa shape index (κ2) is 12.5. The monoisotopic (exact) mass is 464 g/mol. The molecule has 4 heteroatoms. The molecule has 0 aliphatic heterocycles. The van der Waals surface area contributed by atoms with Crippen LogP contribution in [-0.4, -0.2) is 12.5 Å². The lowest BCUT2D eigenvalue weighted by atomic mass is 9.92. The summed E-state index contributed by atoms with van der Waals surface area (Å²) in [5.41, 5.74) is 7.02. The first kappa shape index (κ1) is 26.5. The quantitative estimate of drug-likeness (QED) is 0.351. The van der Waals surface area contributed by atoms with E-state index in [1.54, 1.807) is 0 Å². The second-order valence-corrected chi connectivity index (χ2v) is 9.16. The van der Waals surface area contributed by atoms with Gasteiger partial charge in [-0.15, -0.1) is 12.4 Å². The molecule has 0 fully saturated rings. The van der Waals surface area contributed by atoms with Crippen LogP contribution in [0.15, 0.2) is 72.8 Å². The molecule has 33 heavy (non-hydrogen) atoms. The molecular formula is C29H37ClN2O. The van der Waals surface area contributed by atoms with Crippen LogP contribution >= 0.6 is 12.4 Å². The van der Waals surface area contributed by atoms with Gasteiger partial charge in [-0.1, -0.05) is 93.9 Å². The topological polar surface area (TPSA) is 32.3 Å². The maximum absolute atomic E-state index is 13.1. The van der Waals surface area contributed by atoms with E-state index in [1.807, 2.05) is 18.2 Å². The molecule has 0 heterocycles. The Balaban J connectivity index is 0.00000385. The van der Waals surface area contributed by atoms with Crippen molar-refractivity contribution in [2.75, 3.05) is 16.8 Å². The van der Waals surface area contributed by atoms with Gasteiger partial charge >= 0.3 is 0 Å². The van der Waals surface area contributed by atoms with Gasteiger partial charge in [-0.3, -0.25) is 4.79 Å². The normalized spacial score (nSPS) is 10.8. The average molecular weight is 465 g/mol. The largest absolute Gasteiger partial charge is 0.367 e. The molecule has 0 aliphatic carbocycles. The van der Waals surface area contributed by atoms with Crippen molar-refractivity contribution in [2.24, 2.45) is 0 Å². The number of carbonyl (C=O) groups is 1. The number of carbonyl (C=O) groups excluding carboxylic acids is 1. The highest BCUT2D eigenvalue weighted by molar-refractivity contribution is 5.93. The van der Waals surface area contributed by atoms with Crippen molar-refractivity contribution < 1.29 is 4.79 Å². The van der Waals surface area contributed by atoms with E-state index in [-0.39, 0.29) is 18.3 Å². The van der Waals surface area contributed by atoms with E-state index in [0.29, 0.717) is 24.8 Å².